The molecular weight excluding hydrogens is 270 g/mol. The van der Waals surface area contributed by atoms with Gasteiger partial charge in [-0.15, -0.1) is 10.2 Å². The number of aromatic nitrogens is 2. The van der Waals surface area contributed by atoms with Crippen molar-refractivity contribution >= 4 is 17.4 Å². The van der Waals surface area contributed by atoms with Crippen molar-refractivity contribution in [2.75, 3.05) is 11.4 Å². The average molecular weight is 288 g/mol. The van der Waals surface area contributed by atoms with Crippen molar-refractivity contribution < 1.29 is 0 Å². The quantitative estimate of drug-likeness (QED) is 0.801. The molecule has 2 aromatic rings. The molecule has 0 bridgehead atoms. The van der Waals surface area contributed by atoms with Crippen molar-refractivity contribution in [3.05, 3.63) is 51.7 Å². The van der Waals surface area contributed by atoms with Crippen molar-refractivity contribution in [2.45, 2.75) is 33.2 Å². The molecule has 0 N–H and O–H groups in total. The fourth-order valence-electron chi connectivity index (χ4n) is 2.75. The van der Waals surface area contributed by atoms with Gasteiger partial charge in [0.1, 0.15) is 0 Å². The highest BCUT2D eigenvalue weighted by atomic mass is 35.5. The van der Waals surface area contributed by atoms with Gasteiger partial charge in [-0.05, 0) is 48.9 Å². The van der Waals surface area contributed by atoms with Crippen LogP contribution in [-0.4, -0.2) is 16.7 Å². The zero-order valence-electron chi connectivity index (χ0n) is 11.9. The second kappa shape index (κ2) is 5.41. The van der Waals surface area contributed by atoms with Crippen LogP contribution in [0.2, 0.25) is 5.15 Å². The van der Waals surface area contributed by atoms with E-state index in [1.807, 2.05) is 6.92 Å². The van der Waals surface area contributed by atoms with Crippen LogP contribution < -0.4 is 4.90 Å². The first-order valence-electron chi connectivity index (χ1n) is 6.98. The molecule has 1 aromatic carbocycles. The maximum atomic E-state index is 6.05. The summed E-state index contributed by atoms with van der Waals surface area (Å²) in [5, 5.41) is 8.90. The molecule has 0 atom stereocenters. The van der Waals surface area contributed by atoms with E-state index in [0.29, 0.717) is 5.15 Å². The molecule has 3 rings (SSSR count). The van der Waals surface area contributed by atoms with Crippen LogP contribution in [0.3, 0.4) is 0 Å². The van der Waals surface area contributed by atoms with Crippen molar-refractivity contribution in [3.63, 3.8) is 0 Å². The first-order chi connectivity index (χ1) is 9.66. The number of rotatable bonds is 1. The van der Waals surface area contributed by atoms with E-state index in [0.717, 1.165) is 42.9 Å². The van der Waals surface area contributed by atoms with E-state index < -0.39 is 0 Å². The molecule has 104 valence electrons. The van der Waals surface area contributed by atoms with E-state index in [-0.39, 0.29) is 0 Å². The number of benzene rings is 1. The van der Waals surface area contributed by atoms with Crippen molar-refractivity contribution in [3.8, 4) is 0 Å². The number of anilines is 1. The van der Waals surface area contributed by atoms with Crippen LogP contribution in [0.15, 0.2) is 24.3 Å². The van der Waals surface area contributed by atoms with Gasteiger partial charge < -0.3 is 4.90 Å². The van der Waals surface area contributed by atoms with Gasteiger partial charge in [0.05, 0.1) is 0 Å². The molecule has 0 radical (unpaired) electrons. The van der Waals surface area contributed by atoms with Gasteiger partial charge in [0, 0.05) is 13.1 Å². The van der Waals surface area contributed by atoms with Crippen molar-refractivity contribution in [1.29, 1.82) is 0 Å². The smallest absolute Gasteiger partial charge is 0.155 e. The van der Waals surface area contributed by atoms with Crippen LogP contribution >= 0.6 is 11.6 Å². The van der Waals surface area contributed by atoms with Gasteiger partial charge in [0.15, 0.2) is 11.0 Å². The Balaban J connectivity index is 1.98. The minimum Gasteiger partial charge on any atom is -0.351 e. The standard InChI is InChI=1S/C16H18ClN3/c1-11-12(2)16(19-18-15(11)17)20-9-5-8-13-6-3-4-7-14(13)10-20/h3-4,6-7H,5,8-10H2,1-2H3. The third kappa shape index (κ3) is 2.38. The molecular formula is C16H18ClN3. The minimum absolute atomic E-state index is 0.501. The summed E-state index contributed by atoms with van der Waals surface area (Å²) in [6.07, 6.45) is 2.27. The molecule has 1 aliphatic rings. The molecule has 1 aromatic heterocycles. The lowest BCUT2D eigenvalue weighted by atomic mass is 10.0. The largest absolute Gasteiger partial charge is 0.351 e. The second-order valence-electron chi connectivity index (χ2n) is 5.36. The molecule has 4 heteroatoms. The molecule has 1 aliphatic heterocycles. The Bertz CT molecular complexity index is 640. The summed E-state index contributed by atoms with van der Waals surface area (Å²) in [4.78, 5) is 2.32. The van der Waals surface area contributed by atoms with Gasteiger partial charge in [-0.25, -0.2) is 0 Å². The van der Waals surface area contributed by atoms with Crippen LogP contribution in [0.4, 0.5) is 5.82 Å². The third-order valence-corrected chi connectivity index (χ3v) is 4.45. The molecule has 0 spiro atoms. The van der Waals surface area contributed by atoms with Gasteiger partial charge in [-0.2, -0.15) is 0 Å². The normalized spacial score (nSPS) is 14.8. The maximum Gasteiger partial charge on any atom is 0.155 e. The van der Waals surface area contributed by atoms with Crippen LogP contribution in [0.25, 0.3) is 0 Å². The highest BCUT2D eigenvalue weighted by Crippen LogP contribution is 2.27. The fraction of sp³-hybridized carbons (Fsp3) is 0.375. The predicted molar refractivity (Wildman–Crippen MR) is 82.3 cm³/mol. The summed E-state index contributed by atoms with van der Waals surface area (Å²) in [7, 11) is 0. The first kappa shape index (κ1) is 13.4. The van der Waals surface area contributed by atoms with Gasteiger partial charge >= 0.3 is 0 Å². The zero-order valence-corrected chi connectivity index (χ0v) is 12.6. The van der Waals surface area contributed by atoms with E-state index in [2.05, 4.69) is 46.3 Å². The molecule has 0 saturated heterocycles. The van der Waals surface area contributed by atoms with Crippen molar-refractivity contribution in [1.82, 2.24) is 10.2 Å². The fourth-order valence-corrected chi connectivity index (χ4v) is 2.93. The van der Waals surface area contributed by atoms with E-state index >= 15 is 0 Å². The lowest BCUT2D eigenvalue weighted by molar-refractivity contribution is 0.740. The van der Waals surface area contributed by atoms with E-state index in [1.165, 1.54) is 11.1 Å². The third-order valence-electron chi connectivity index (χ3n) is 4.09. The zero-order chi connectivity index (χ0) is 14.1. The summed E-state index contributed by atoms with van der Waals surface area (Å²) in [5.74, 6) is 0.962. The molecule has 0 saturated carbocycles. The Kier molecular flexibility index (Phi) is 3.62. The Morgan fingerprint density at radius 2 is 1.80 bits per heavy atom. The first-order valence-corrected chi connectivity index (χ1v) is 7.35. The summed E-state index contributed by atoms with van der Waals surface area (Å²) < 4.78 is 0. The summed E-state index contributed by atoms with van der Waals surface area (Å²) >= 11 is 6.05. The minimum atomic E-state index is 0.501. The van der Waals surface area contributed by atoms with Gasteiger partial charge in [0.2, 0.25) is 0 Å². The van der Waals surface area contributed by atoms with Gasteiger partial charge in [-0.1, -0.05) is 35.9 Å². The highest BCUT2D eigenvalue weighted by molar-refractivity contribution is 6.30. The van der Waals surface area contributed by atoms with Gasteiger partial charge in [0.25, 0.3) is 0 Å². The monoisotopic (exact) mass is 287 g/mol. The topological polar surface area (TPSA) is 29.0 Å². The van der Waals surface area contributed by atoms with Crippen LogP contribution in [0, 0.1) is 13.8 Å². The Hall–Kier alpha value is -1.61. The molecule has 0 fully saturated rings. The van der Waals surface area contributed by atoms with E-state index in [4.69, 9.17) is 11.6 Å². The number of hydrogen-bond acceptors (Lipinski definition) is 3. The van der Waals surface area contributed by atoms with Gasteiger partial charge in [-0.3, -0.25) is 0 Å². The second-order valence-corrected chi connectivity index (χ2v) is 5.72. The molecule has 0 amide bonds. The van der Waals surface area contributed by atoms with Crippen LogP contribution in [0.5, 0.6) is 0 Å². The van der Waals surface area contributed by atoms with E-state index in [9.17, 15) is 0 Å². The molecule has 0 unspecified atom stereocenters. The van der Waals surface area contributed by atoms with Crippen molar-refractivity contribution in [2.24, 2.45) is 0 Å². The Labute approximate surface area is 124 Å². The summed E-state index contributed by atoms with van der Waals surface area (Å²) in [6.45, 7) is 5.97. The number of aryl methyl sites for hydroxylation is 1. The molecule has 2 heterocycles. The average Bonchev–Trinajstić information content (AvgIpc) is 2.67. The SMILES string of the molecule is Cc1c(Cl)nnc(N2CCCc3ccccc3C2)c1C. The predicted octanol–water partition coefficient (Wildman–Crippen LogP) is 3.70. The number of fused-ring (bicyclic) bond motifs is 1. The summed E-state index contributed by atoms with van der Waals surface area (Å²) in [6, 6.07) is 8.66. The molecule has 0 aliphatic carbocycles. The molecule has 3 nitrogen and oxygen atoms in total. The lowest BCUT2D eigenvalue weighted by Crippen LogP contribution is -2.25. The lowest BCUT2D eigenvalue weighted by Gasteiger charge is -2.24. The van der Waals surface area contributed by atoms with E-state index in [1.54, 1.807) is 0 Å². The highest BCUT2D eigenvalue weighted by Gasteiger charge is 2.19. The summed E-state index contributed by atoms with van der Waals surface area (Å²) in [5.41, 5.74) is 4.99. The Morgan fingerprint density at radius 3 is 2.60 bits per heavy atom. The van der Waals surface area contributed by atoms with Crippen LogP contribution in [0.1, 0.15) is 28.7 Å². The number of nitrogens with zero attached hydrogens (tertiary/aromatic N) is 3. The maximum absolute atomic E-state index is 6.05. The number of hydrogen-bond donors (Lipinski definition) is 0. The van der Waals surface area contributed by atoms with Crippen LogP contribution in [-0.2, 0) is 13.0 Å². The Morgan fingerprint density at radius 1 is 1.05 bits per heavy atom. The molecule has 20 heavy (non-hydrogen) atoms. The number of halogens is 1.